The maximum Gasteiger partial charge on any atom is 0.141 e. The number of rotatable bonds is 6. The molecule has 0 aliphatic heterocycles. The molecule has 1 atom stereocenters. The largest absolute Gasteiger partial charge is 0.395 e. The number of hydrogen-bond donors (Lipinski definition) is 1. The van der Waals surface area contributed by atoms with Crippen molar-refractivity contribution in [2.45, 2.75) is 39.4 Å². The first-order chi connectivity index (χ1) is 7.19. The van der Waals surface area contributed by atoms with E-state index >= 15 is 0 Å². The Kier molecular flexibility index (Phi) is 4.71. The molecule has 0 bridgehead atoms. The number of aliphatic hydroxyl groups excluding tert-OH is 1. The highest BCUT2D eigenvalue weighted by Crippen LogP contribution is 2.03. The quantitative estimate of drug-likeness (QED) is 0.746. The van der Waals surface area contributed by atoms with Gasteiger partial charge in [-0.05, 0) is 20.4 Å². The van der Waals surface area contributed by atoms with Crippen LogP contribution in [0.1, 0.15) is 26.1 Å². The van der Waals surface area contributed by atoms with Crippen molar-refractivity contribution in [2.24, 2.45) is 0 Å². The van der Waals surface area contributed by atoms with Crippen LogP contribution >= 0.6 is 0 Å². The van der Waals surface area contributed by atoms with Gasteiger partial charge in [0.25, 0.3) is 0 Å². The fourth-order valence-corrected chi connectivity index (χ4v) is 1.33. The van der Waals surface area contributed by atoms with Gasteiger partial charge in [-0.3, -0.25) is 4.90 Å². The van der Waals surface area contributed by atoms with E-state index in [2.05, 4.69) is 21.9 Å². The van der Waals surface area contributed by atoms with Crippen LogP contribution < -0.4 is 0 Å². The molecule has 1 N–H and O–H groups in total. The van der Waals surface area contributed by atoms with E-state index in [9.17, 15) is 0 Å². The van der Waals surface area contributed by atoms with Gasteiger partial charge in [0.2, 0.25) is 0 Å². The van der Waals surface area contributed by atoms with E-state index in [1.807, 2.05) is 18.7 Å². The van der Waals surface area contributed by atoms with E-state index < -0.39 is 0 Å². The van der Waals surface area contributed by atoms with Gasteiger partial charge < -0.3 is 5.11 Å². The Bertz CT molecular complexity index is 287. The first-order valence-electron chi connectivity index (χ1n) is 5.36. The Labute approximate surface area is 90.7 Å². The SMILES string of the molecule is CCCn1ncnc1CN(C)C(C)CO. The molecule has 1 rings (SSSR count). The van der Waals surface area contributed by atoms with Crippen molar-refractivity contribution < 1.29 is 5.11 Å². The van der Waals surface area contributed by atoms with Crippen molar-refractivity contribution in [3.8, 4) is 0 Å². The van der Waals surface area contributed by atoms with Crippen molar-refractivity contribution >= 4 is 0 Å². The predicted molar refractivity (Wildman–Crippen MR) is 58.3 cm³/mol. The summed E-state index contributed by atoms with van der Waals surface area (Å²) >= 11 is 0. The lowest BCUT2D eigenvalue weighted by Crippen LogP contribution is -2.32. The van der Waals surface area contributed by atoms with Gasteiger partial charge >= 0.3 is 0 Å². The number of aryl methyl sites for hydroxylation is 1. The molecule has 5 nitrogen and oxygen atoms in total. The topological polar surface area (TPSA) is 54.2 Å². The minimum absolute atomic E-state index is 0.150. The van der Waals surface area contributed by atoms with Gasteiger partial charge in [0, 0.05) is 12.6 Å². The molecular weight excluding hydrogens is 192 g/mol. The van der Waals surface area contributed by atoms with Crippen LogP contribution in [0.2, 0.25) is 0 Å². The third-order valence-corrected chi connectivity index (χ3v) is 2.54. The summed E-state index contributed by atoms with van der Waals surface area (Å²) in [4.78, 5) is 6.29. The van der Waals surface area contributed by atoms with E-state index in [-0.39, 0.29) is 12.6 Å². The van der Waals surface area contributed by atoms with E-state index in [4.69, 9.17) is 5.11 Å². The lowest BCUT2D eigenvalue weighted by atomic mass is 10.3. The Balaban J connectivity index is 2.59. The molecule has 1 aromatic heterocycles. The fraction of sp³-hybridized carbons (Fsp3) is 0.800. The lowest BCUT2D eigenvalue weighted by molar-refractivity contribution is 0.150. The molecule has 1 unspecified atom stereocenters. The summed E-state index contributed by atoms with van der Waals surface area (Å²) < 4.78 is 1.92. The Morgan fingerprint density at radius 1 is 1.60 bits per heavy atom. The molecule has 0 aromatic carbocycles. The average Bonchev–Trinajstić information content (AvgIpc) is 2.65. The van der Waals surface area contributed by atoms with Crippen LogP contribution in [0.4, 0.5) is 0 Å². The Morgan fingerprint density at radius 3 is 2.93 bits per heavy atom. The van der Waals surface area contributed by atoms with Crippen LogP contribution in [0.25, 0.3) is 0 Å². The van der Waals surface area contributed by atoms with Gasteiger partial charge in [0.1, 0.15) is 12.2 Å². The second-order valence-corrected chi connectivity index (χ2v) is 3.85. The van der Waals surface area contributed by atoms with Gasteiger partial charge in [0.15, 0.2) is 0 Å². The van der Waals surface area contributed by atoms with Crippen molar-refractivity contribution in [3.63, 3.8) is 0 Å². The highest BCUT2D eigenvalue weighted by Gasteiger charge is 2.11. The molecule has 0 saturated heterocycles. The summed E-state index contributed by atoms with van der Waals surface area (Å²) in [5, 5.41) is 13.2. The van der Waals surface area contributed by atoms with Gasteiger partial charge in [-0.2, -0.15) is 5.10 Å². The zero-order valence-electron chi connectivity index (χ0n) is 9.72. The normalized spacial score (nSPS) is 13.4. The third-order valence-electron chi connectivity index (χ3n) is 2.54. The first kappa shape index (κ1) is 12.1. The highest BCUT2D eigenvalue weighted by atomic mass is 16.3. The number of hydrogen-bond acceptors (Lipinski definition) is 4. The molecule has 15 heavy (non-hydrogen) atoms. The van der Waals surface area contributed by atoms with Crippen molar-refractivity contribution in [2.75, 3.05) is 13.7 Å². The highest BCUT2D eigenvalue weighted by molar-refractivity contribution is 4.85. The Hall–Kier alpha value is -0.940. The van der Waals surface area contributed by atoms with Crippen LogP contribution in [0, 0.1) is 0 Å². The van der Waals surface area contributed by atoms with E-state index in [1.54, 1.807) is 6.33 Å². The molecular formula is C10H20N4O. The van der Waals surface area contributed by atoms with Crippen LogP contribution in [-0.4, -0.2) is 44.5 Å². The molecule has 1 heterocycles. The van der Waals surface area contributed by atoms with Crippen molar-refractivity contribution in [1.82, 2.24) is 19.7 Å². The van der Waals surface area contributed by atoms with E-state index in [0.29, 0.717) is 0 Å². The monoisotopic (exact) mass is 212 g/mol. The molecule has 0 radical (unpaired) electrons. The lowest BCUT2D eigenvalue weighted by Gasteiger charge is -2.22. The zero-order chi connectivity index (χ0) is 11.3. The standard InChI is InChI=1S/C10H20N4O/c1-4-5-14-10(11-8-12-14)6-13(3)9(2)7-15/h8-9,15H,4-7H2,1-3H3. The Morgan fingerprint density at radius 2 is 2.33 bits per heavy atom. The molecule has 0 amide bonds. The van der Waals surface area contributed by atoms with Gasteiger partial charge in [-0.1, -0.05) is 6.92 Å². The fourth-order valence-electron chi connectivity index (χ4n) is 1.33. The van der Waals surface area contributed by atoms with Gasteiger partial charge in [-0.25, -0.2) is 9.67 Å². The van der Waals surface area contributed by atoms with E-state index in [0.717, 1.165) is 25.3 Å². The minimum Gasteiger partial charge on any atom is -0.395 e. The minimum atomic E-state index is 0.150. The second-order valence-electron chi connectivity index (χ2n) is 3.85. The predicted octanol–water partition coefficient (Wildman–Crippen LogP) is 0.501. The van der Waals surface area contributed by atoms with Crippen LogP contribution in [0.3, 0.4) is 0 Å². The van der Waals surface area contributed by atoms with Gasteiger partial charge in [0.05, 0.1) is 13.2 Å². The smallest absolute Gasteiger partial charge is 0.141 e. The number of nitrogens with zero attached hydrogens (tertiary/aromatic N) is 4. The zero-order valence-corrected chi connectivity index (χ0v) is 9.72. The summed E-state index contributed by atoms with van der Waals surface area (Å²) in [6, 6.07) is 0.150. The van der Waals surface area contributed by atoms with Crippen molar-refractivity contribution in [1.29, 1.82) is 0 Å². The molecule has 86 valence electrons. The van der Waals surface area contributed by atoms with Crippen LogP contribution in [0.15, 0.2) is 6.33 Å². The molecule has 0 aliphatic rings. The number of aromatic nitrogens is 3. The third kappa shape index (κ3) is 3.28. The van der Waals surface area contributed by atoms with E-state index in [1.165, 1.54) is 0 Å². The van der Waals surface area contributed by atoms with Crippen molar-refractivity contribution in [3.05, 3.63) is 12.2 Å². The second kappa shape index (κ2) is 5.82. The molecule has 0 saturated carbocycles. The van der Waals surface area contributed by atoms with Crippen LogP contribution in [-0.2, 0) is 13.1 Å². The summed E-state index contributed by atoms with van der Waals surface area (Å²) in [5.74, 6) is 0.958. The molecule has 1 aromatic rings. The summed E-state index contributed by atoms with van der Waals surface area (Å²) in [7, 11) is 1.98. The van der Waals surface area contributed by atoms with Crippen LogP contribution in [0.5, 0.6) is 0 Å². The first-order valence-corrected chi connectivity index (χ1v) is 5.36. The maximum atomic E-state index is 9.02. The molecule has 0 fully saturated rings. The number of aliphatic hydroxyl groups is 1. The average molecular weight is 212 g/mol. The summed E-state index contributed by atoms with van der Waals surface area (Å²) in [5.41, 5.74) is 0. The van der Waals surface area contributed by atoms with Gasteiger partial charge in [-0.15, -0.1) is 0 Å². The molecule has 0 spiro atoms. The number of likely N-dealkylation sites (N-methyl/N-ethyl adjacent to an activating group) is 1. The molecule has 5 heteroatoms. The maximum absolute atomic E-state index is 9.02. The summed E-state index contributed by atoms with van der Waals surface area (Å²) in [6.45, 7) is 5.89. The molecule has 0 aliphatic carbocycles. The summed E-state index contributed by atoms with van der Waals surface area (Å²) in [6.07, 6.45) is 2.64.